The zero-order valence-corrected chi connectivity index (χ0v) is 7.18. The molecule has 4 nitrogen and oxygen atoms in total. The quantitative estimate of drug-likeness (QED) is 0.564. The van der Waals surface area contributed by atoms with Gasteiger partial charge in [-0.3, -0.25) is 9.59 Å². The molecular weight excluding hydrogens is 156 g/mol. The summed E-state index contributed by atoms with van der Waals surface area (Å²) in [6.45, 7) is 3.70. The second-order valence-corrected chi connectivity index (χ2v) is 3.57. The minimum atomic E-state index is -0.587. The first kappa shape index (κ1) is 8.77. The molecule has 0 saturated carbocycles. The number of ketones is 1. The summed E-state index contributed by atoms with van der Waals surface area (Å²) in [6.07, 6.45) is 1.65. The Kier molecular flexibility index (Phi) is 1.92. The molecular formula is C8H12N2O2. The zero-order chi connectivity index (χ0) is 9.35. The molecule has 1 aliphatic heterocycles. The molecule has 4 heteroatoms. The molecule has 1 amide bonds. The highest BCUT2D eigenvalue weighted by molar-refractivity contribution is 6.02. The van der Waals surface area contributed by atoms with E-state index in [0.29, 0.717) is 6.42 Å². The summed E-state index contributed by atoms with van der Waals surface area (Å²) in [4.78, 5) is 21.8. The van der Waals surface area contributed by atoms with Crippen LogP contribution in [-0.2, 0) is 9.59 Å². The van der Waals surface area contributed by atoms with Crippen LogP contribution in [0.4, 0.5) is 0 Å². The molecule has 1 heterocycles. The third-order valence-electron chi connectivity index (χ3n) is 1.66. The summed E-state index contributed by atoms with van der Waals surface area (Å²) in [7, 11) is 0. The standard InChI is InChI=1S/C8H12N2O2/c1-8(2)4-5(11)3-6(10-8)7(9)12/h3,10H,4H2,1-2H3,(H2,9,12). The minimum absolute atomic E-state index is 0.0625. The van der Waals surface area contributed by atoms with E-state index in [9.17, 15) is 9.59 Å². The van der Waals surface area contributed by atoms with Gasteiger partial charge in [-0.1, -0.05) is 0 Å². The van der Waals surface area contributed by atoms with Gasteiger partial charge in [-0.15, -0.1) is 0 Å². The fraction of sp³-hybridized carbons (Fsp3) is 0.500. The first-order valence-electron chi connectivity index (χ1n) is 3.73. The van der Waals surface area contributed by atoms with Gasteiger partial charge in [0.25, 0.3) is 5.91 Å². The van der Waals surface area contributed by atoms with Crippen molar-refractivity contribution >= 4 is 11.7 Å². The van der Waals surface area contributed by atoms with E-state index in [2.05, 4.69) is 5.32 Å². The first-order chi connectivity index (χ1) is 5.41. The van der Waals surface area contributed by atoms with Crippen molar-refractivity contribution < 1.29 is 9.59 Å². The molecule has 0 fully saturated rings. The molecule has 0 atom stereocenters. The van der Waals surface area contributed by atoms with Crippen molar-refractivity contribution in [3.05, 3.63) is 11.8 Å². The largest absolute Gasteiger partial charge is 0.375 e. The highest BCUT2D eigenvalue weighted by atomic mass is 16.1. The Morgan fingerprint density at radius 1 is 1.67 bits per heavy atom. The minimum Gasteiger partial charge on any atom is -0.375 e. The maximum Gasteiger partial charge on any atom is 0.264 e. The van der Waals surface area contributed by atoms with E-state index in [1.807, 2.05) is 13.8 Å². The molecule has 0 aromatic rings. The van der Waals surface area contributed by atoms with Crippen LogP contribution in [0.25, 0.3) is 0 Å². The van der Waals surface area contributed by atoms with Gasteiger partial charge in [0, 0.05) is 18.0 Å². The predicted octanol–water partition coefficient (Wildman–Crippen LogP) is -0.303. The van der Waals surface area contributed by atoms with Crippen LogP contribution in [0.5, 0.6) is 0 Å². The van der Waals surface area contributed by atoms with Crippen molar-refractivity contribution in [2.24, 2.45) is 5.73 Å². The van der Waals surface area contributed by atoms with E-state index in [1.165, 1.54) is 6.08 Å². The Morgan fingerprint density at radius 2 is 2.25 bits per heavy atom. The maximum atomic E-state index is 11.1. The van der Waals surface area contributed by atoms with Crippen molar-refractivity contribution in [2.75, 3.05) is 0 Å². The molecule has 0 saturated heterocycles. The number of carbonyl (C=O) groups excluding carboxylic acids is 2. The van der Waals surface area contributed by atoms with Gasteiger partial charge in [0.2, 0.25) is 0 Å². The summed E-state index contributed by atoms with van der Waals surface area (Å²) in [5, 5.41) is 2.89. The lowest BCUT2D eigenvalue weighted by atomic mass is 9.93. The highest BCUT2D eigenvalue weighted by Gasteiger charge is 2.28. The van der Waals surface area contributed by atoms with Gasteiger partial charge in [-0.25, -0.2) is 0 Å². The van der Waals surface area contributed by atoms with Gasteiger partial charge in [0.05, 0.1) is 0 Å². The molecule has 12 heavy (non-hydrogen) atoms. The van der Waals surface area contributed by atoms with E-state index >= 15 is 0 Å². The third-order valence-corrected chi connectivity index (χ3v) is 1.66. The summed E-state index contributed by atoms with van der Waals surface area (Å²) < 4.78 is 0. The molecule has 66 valence electrons. The lowest BCUT2D eigenvalue weighted by Gasteiger charge is -2.30. The first-order valence-corrected chi connectivity index (χ1v) is 3.73. The number of carbonyl (C=O) groups is 2. The zero-order valence-electron chi connectivity index (χ0n) is 7.18. The second kappa shape index (κ2) is 2.62. The van der Waals surface area contributed by atoms with Crippen LogP contribution in [0.2, 0.25) is 0 Å². The van der Waals surface area contributed by atoms with Gasteiger partial charge < -0.3 is 11.1 Å². The molecule has 0 radical (unpaired) electrons. The van der Waals surface area contributed by atoms with Crippen LogP contribution in [0, 0.1) is 0 Å². The second-order valence-electron chi connectivity index (χ2n) is 3.57. The van der Waals surface area contributed by atoms with Crippen LogP contribution in [0.15, 0.2) is 11.8 Å². The molecule has 0 spiro atoms. The third kappa shape index (κ3) is 1.84. The van der Waals surface area contributed by atoms with Gasteiger partial charge in [0.15, 0.2) is 5.78 Å². The molecule has 0 aliphatic carbocycles. The summed E-state index contributed by atoms with van der Waals surface area (Å²) in [5.74, 6) is -0.649. The van der Waals surface area contributed by atoms with Crippen molar-refractivity contribution in [2.45, 2.75) is 25.8 Å². The molecule has 0 aromatic heterocycles. The molecule has 3 N–H and O–H groups in total. The number of amides is 1. The Balaban J connectivity index is 2.91. The van der Waals surface area contributed by atoms with Crippen molar-refractivity contribution in [3.63, 3.8) is 0 Å². The number of rotatable bonds is 1. The summed E-state index contributed by atoms with van der Waals surface area (Å²) in [6, 6.07) is 0. The smallest absolute Gasteiger partial charge is 0.264 e. The predicted molar refractivity (Wildman–Crippen MR) is 44.1 cm³/mol. The van der Waals surface area contributed by atoms with Crippen molar-refractivity contribution in [3.8, 4) is 0 Å². The monoisotopic (exact) mass is 168 g/mol. The Labute approximate surface area is 70.8 Å². The molecule has 0 bridgehead atoms. The van der Waals surface area contributed by atoms with Crippen LogP contribution >= 0.6 is 0 Å². The lowest BCUT2D eigenvalue weighted by molar-refractivity contribution is -0.119. The van der Waals surface area contributed by atoms with Crippen molar-refractivity contribution in [1.82, 2.24) is 5.32 Å². The number of primary amides is 1. The SMILES string of the molecule is CC1(C)CC(=O)C=C(C(N)=O)N1. The number of hydrogen-bond donors (Lipinski definition) is 2. The summed E-state index contributed by atoms with van der Waals surface area (Å²) >= 11 is 0. The van der Waals surface area contributed by atoms with E-state index in [0.717, 1.165) is 0 Å². The van der Waals surface area contributed by atoms with Gasteiger partial charge in [-0.2, -0.15) is 0 Å². The topological polar surface area (TPSA) is 72.2 Å². The average Bonchev–Trinajstić information content (AvgIpc) is 1.82. The van der Waals surface area contributed by atoms with Crippen LogP contribution in [0.3, 0.4) is 0 Å². The summed E-state index contributed by atoms with van der Waals surface area (Å²) in [5.41, 5.74) is 4.87. The van der Waals surface area contributed by atoms with E-state index in [-0.39, 0.29) is 17.0 Å². The van der Waals surface area contributed by atoms with Crippen molar-refractivity contribution in [1.29, 1.82) is 0 Å². The van der Waals surface area contributed by atoms with Gasteiger partial charge >= 0.3 is 0 Å². The maximum absolute atomic E-state index is 11.1. The number of nitrogens with one attached hydrogen (secondary N) is 1. The molecule has 1 aliphatic rings. The average molecular weight is 168 g/mol. The Bertz CT molecular complexity index is 266. The van der Waals surface area contributed by atoms with Crippen LogP contribution in [0.1, 0.15) is 20.3 Å². The molecule has 0 unspecified atom stereocenters. The molecule has 1 rings (SSSR count). The van der Waals surface area contributed by atoms with Gasteiger partial charge in [-0.05, 0) is 13.8 Å². The fourth-order valence-corrected chi connectivity index (χ4v) is 1.23. The lowest BCUT2D eigenvalue weighted by Crippen LogP contribution is -2.46. The number of hydrogen-bond acceptors (Lipinski definition) is 3. The molecule has 0 aromatic carbocycles. The van der Waals surface area contributed by atoms with E-state index in [4.69, 9.17) is 5.73 Å². The number of nitrogens with two attached hydrogens (primary N) is 1. The normalized spacial score (nSPS) is 21.2. The highest BCUT2D eigenvalue weighted by Crippen LogP contribution is 2.16. The van der Waals surface area contributed by atoms with Gasteiger partial charge in [0.1, 0.15) is 5.70 Å². The van der Waals surface area contributed by atoms with Crippen LogP contribution < -0.4 is 11.1 Å². The Morgan fingerprint density at radius 3 is 2.67 bits per heavy atom. The van der Waals surface area contributed by atoms with E-state index < -0.39 is 5.91 Å². The Hall–Kier alpha value is -1.32. The number of allylic oxidation sites excluding steroid dienone is 1. The van der Waals surface area contributed by atoms with Crippen LogP contribution in [-0.4, -0.2) is 17.2 Å². The fourth-order valence-electron chi connectivity index (χ4n) is 1.23. The van der Waals surface area contributed by atoms with E-state index in [1.54, 1.807) is 0 Å².